The number of hydrogen-bond acceptors (Lipinski definition) is 12. The van der Waals surface area contributed by atoms with Crippen molar-refractivity contribution >= 4 is 35.8 Å². The van der Waals surface area contributed by atoms with Gasteiger partial charge in [-0.15, -0.1) is 0 Å². The first kappa shape index (κ1) is 134. The maximum absolute atomic E-state index is 12.9. The monoisotopic (exact) mass is 1910 g/mol. The van der Waals surface area contributed by atoms with Crippen LogP contribution in [0.3, 0.4) is 0 Å². The van der Waals surface area contributed by atoms with Crippen LogP contribution in [0.4, 0.5) is 0 Å². The fourth-order valence-corrected chi connectivity index (χ4v) is 30.5. The van der Waals surface area contributed by atoms with E-state index in [9.17, 15) is 28.8 Å². The van der Waals surface area contributed by atoms with E-state index in [0.29, 0.717) is 5.41 Å². The molecule has 802 valence electrons. The van der Waals surface area contributed by atoms with Gasteiger partial charge in [0.15, 0.2) is 0 Å². The lowest BCUT2D eigenvalue weighted by Gasteiger charge is -2.62. The Morgan fingerprint density at radius 1 is 0.296 bits per heavy atom. The molecule has 0 amide bonds. The molecule has 0 aromatic carbocycles. The second kappa shape index (κ2) is 53.1. The Kier molecular flexibility index (Phi) is 52.6. The van der Waals surface area contributed by atoms with Gasteiger partial charge in [0.25, 0.3) is 0 Å². The van der Waals surface area contributed by atoms with Crippen LogP contribution in [0.25, 0.3) is 0 Å². The highest BCUT2D eigenvalue weighted by atomic mass is 16.6. The lowest BCUT2D eigenvalue weighted by atomic mass is 9.45. The van der Waals surface area contributed by atoms with Crippen LogP contribution >= 0.6 is 0 Å². The molecule has 20 aliphatic carbocycles. The van der Waals surface area contributed by atoms with Crippen molar-refractivity contribution in [1.29, 1.82) is 0 Å². The van der Waals surface area contributed by atoms with Crippen molar-refractivity contribution in [3.63, 3.8) is 0 Å². The molecule has 16 bridgehead atoms. The highest BCUT2D eigenvalue weighted by Gasteiger charge is 2.68. The molecule has 135 heavy (non-hydrogen) atoms. The van der Waals surface area contributed by atoms with Crippen LogP contribution in [0.1, 0.15) is 570 Å². The summed E-state index contributed by atoms with van der Waals surface area (Å²) in [5, 5.41) is 0. The van der Waals surface area contributed by atoms with Crippen molar-refractivity contribution in [2.75, 3.05) is 0 Å². The van der Waals surface area contributed by atoms with Crippen molar-refractivity contribution in [3.8, 4) is 0 Å². The van der Waals surface area contributed by atoms with E-state index in [-0.39, 0.29) is 209 Å². The molecule has 0 aliphatic heterocycles. The number of ether oxygens (including phenoxy) is 6. The lowest BCUT2D eigenvalue weighted by molar-refractivity contribution is -0.213. The van der Waals surface area contributed by atoms with Gasteiger partial charge in [-0.05, 0) is 436 Å². The molecule has 12 nitrogen and oxygen atoms in total. The minimum absolute atomic E-state index is 0. The Morgan fingerprint density at radius 2 is 0.556 bits per heavy atom. The van der Waals surface area contributed by atoms with E-state index in [4.69, 9.17) is 28.4 Å². The molecular weight excluding hydrogens is 1670 g/mol. The highest BCUT2D eigenvalue weighted by Crippen LogP contribution is 2.73. The second-order valence-corrected chi connectivity index (χ2v) is 50.6. The van der Waals surface area contributed by atoms with Crippen LogP contribution in [0.15, 0.2) is 0 Å². The number of rotatable bonds is 28. The van der Waals surface area contributed by atoms with Crippen LogP contribution in [-0.4, -0.2) is 69.4 Å². The summed E-state index contributed by atoms with van der Waals surface area (Å²) < 4.78 is 36.7. The average molecular weight is 1910 g/mol. The van der Waals surface area contributed by atoms with E-state index < -0.39 is 0 Å². The molecule has 0 aromatic heterocycles. The average Bonchev–Trinajstić information content (AvgIpc) is 1.69. The summed E-state index contributed by atoms with van der Waals surface area (Å²) in [6.07, 6.45) is 59.9. The van der Waals surface area contributed by atoms with Crippen molar-refractivity contribution in [1.82, 2.24) is 0 Å². The maximum Gasteiger partial charge on any atom is 0.312 e. The summed E-state index contributed by atoms with van der Waals surface area (Å²) in [6.45, 7) is 52.5. The molecule has 12 heteroatoms. The van der Waals surface area contributed by atoms with Gasteiger partial charge in [0.2, 0.25) is 0 Å². The van der Waals surface area contributed by atoms with Crippen molar-refractivity contribution in [3.05, 3.63) is 0 Å². The summed E-state index contributed by atoms with van der Waals surface area (Å²) in [5.41, 5.74) is -1.41. The van der Waals surface area contributed by atoms with E-state index >= 15 is 0 Å². The standard InChI is InChI=1S/C22H38O2.C21H36O2.C18H30O2.C17H28O2.C17H30O2.C16H28O2.12CH4/c1-6-8-9-21(5,24-19(23)20(3,4)7-2)22-13-16-10-17(14-22)12-18(11-16)15-22;1-5-7-8-20(4,23-19(22)15(3)6-2)21-12-16-9-17(13-21)11-18(10-16)14-21;1-6-16(2,3)15(19)20-17(4,5)18-10-12-7-13(11-18)9-14(18)8-12;1-5-11(2)15(18)19-16(3,4)17-9-12-6-13(10-17)8-14(17)7-12;1-5-16(2,3)15(18)19-17(4)11-10-13-8-6-7-9-14(13)12-17;1-4-12(2)15(17)18-16(3)10-9-13-7-5-6-8-14(13)11-16;;;;;;;;;;;;/h16-18H,6-15H2,1-5H3;15-18H,5-14H2,1-4H3;12-14H,6-11H2,1-5H3;11-14H,5-10H2,1-4H3;13-14H,5-12H2,1-4H3;12-14H,4-11H2,1-3H3;12*1H4. The minimum atomic E-state index is -0.365. The number of carbonyl (C=O) groups is 6. The number of esters is 6. The molecule has 20 rings (SSSR count). The van der Waals surface area contributed by atoms with Crippen LogP contribution in [0, 0.1) is 150 Å². The number of fused-ring (bicyclic) bond motifs is 2. The van der Waals surface area contributed by atoms with E-state index in [0.717, 1.165) is 178 Å². The molecule has 0 saturated heterocycles. The summed E-state index contributed by atoms with van der Waals surface area (Å²) >= 11 is 0. The van der Waals surface area contributed by atoms with Gasteiger partial charge < -0.3 is 28.4 Å². The molecule has 20 saturated carbocycles. The fourth-order valence-electron chi connectivity index (χ4n) is 30.5. The zero-order valence-corrected chi connectivity index (χ0v) is 84.3. The maximum atomic E-state index is 12.9. The molecule has 20 fully saturated rings. The zero-order chi connectivity index (χ0) is 90.1. The van der Waals surface area contributed by atoms with Gasteiger partial charge in [0.1, 0.15) is 33.6 Å². The normalized spacial score (nSPS) is 35.0. The van der Waals surface area contributed by atoms with Crippen LogP contribution < -0.4 is 0 Å². The van der Waals surface area contributed by atoms with Crippen LogP contribution in [0.2, 0.25) is 0 Å². The molecular formula is C123H238O12. The Labute approximate surface area is 842 Å². The summed E-state index contributed by atoms with van der Waals surface area (Å²) in [6, 6.07) is 0. The molecule has 20 aliphatic rings. The molecule has 15 atom stereocenters. The van der Waals surface area contributed by atoms with Gasteiger partial charge in [-0.2, -0.15) is 0 Å². The van der Waals surface area contributed by atoms with E-state index in [1.165, 1.54) is 225 Å². The largest absolute Gasteiger partial charge is 0.459 e. The predicted molar refractivity (Wildman–Crippen MR) is 581 cm³/mol. The Balaban J connectivity index is 0. The van der Waals surface area contributed by atoms with E-state index in [2.05, 4.69) is 104 Å². The first-order valence-corrected chi connectivity index (χ1v) is 53.0. The van der Waals surface area contributed by atoms with Crippen molar-refractivity contribution < 1.29 is 57.2 Å². The second-order valence-electron chi connectivity index (χ2n) is 50.6. The zero-order valence-electron chi connectivity index (χ0n) is 84.3. The number of unbranched alkanes of at least 4 members (excludes halogenated alkanes) is 2. The Bertz CT molecular complexity index is 3420. The smallest absolute Gasteiger partial charge is 0.312 e. The Morgan fingerprint density at radius 3 is 0.859 bits per heavy atom. The topological polar surface area (TPSA) is 158 Å². The summed E-state index contributed by atoms with van der Waals surface area (Å²) in [7, 11) is 0. The van der Waals surface area contributed by atoms with Crippen molar-refractivity contribution in [2.24, 2.45) is 150 Å². The van der Waals surface area contributed by atoms with Crippen LogP contribution in [-0.2, 0) is 57.2 Å². The van der Waals surface area contributed by atoms with Crippen molar-refractivity contribution in [2.45, 2.75) is 604 Å². The van der Waals surface area contributed by atoms with Gasteiger partial charge in [-0.1, -0.05) is 229 Å². The minimum Gasteiger partial charge on any atom is -0.459 e. The molecule has 0 aromatic rings. The molecule has 15 unspecified atom stereocenters. The fraction of sp³-hybridized carbons (Fsp3) is 0.951. The van der Waals surface area contributed by atoms with Gasteiger partial charge in [0.05, 0.1) is 34.0 Å². The number of carbonyl (C=O) groups excluding carboxylic acids is 6. The lowest BCUT2D eigenvalue weighted by Crippen LogP contribution is -2.59. The Hall–Kier alpha value is -3.18. The number of hydrogen-bond donors (Lipinski definition) is 0. The third kappa shape index (κ3) is 29.4. The quantitative estimate of drug-likeness (QED) is 0.0540. The van der Waals surface area contributed by atoms with Gasteiger partial charge in [0, 0.05) is 21.7 Å². The highest BCUT2D eigenvalue weighted by molar-refractivity contribution is 5.78. The summed E-state index contributed by atoms with van der Waals surface area (Å²) in [4.78, 5) is 74.6. The van der Waals surface area contributed by atoms with E-state index in [1.807, 2.05) is 69.2 Å². The van der Waals surface area contributed by atoms with Gasteiger partial charge in [-0.25, -0.2) is 0 Å². The molecule has 0 heterocycles. The third-order valence-corrected chi connectivity index (χ3v) is 39.7. The first-order valence-electron chi connectivity index (χ1n) is 53.0. The van der Waals surface area contributed by atoms with Gasteiger partial charge >= 0.3 is 35.8 Å². The summed E-state index contributed by atoms with van der Waals surface area (Å²) in [5.74, 6) is 14.3. The first-order chi connectivity index (χ1) is 57.6. The van der Waals surface area contributed by atoms with Crippen LogP contribution in [0.5, 0.6) is 0 Å². The third-order valence-electron chi connectivity index (χ3n) is 39.7. The molecule has 0 radical (unpaired) electrons. The van der Waals surface area contributed by atoms with Gasteiger partial charge in [-0.3, -0.25) is 28.8 Å². The molecule has 0 N–H and O–H groups in total. The van der Waals surface area contributed by atoms with E-state index in [1.54, 1.807) is 0 Å². The molecule has 0 spiro atoms. The predicted octanol–water partition coefficient (Wildman–Crippen LogP) is 37.3. The SMILES string of the molecule is C.C.C.C.C.C.C.C.C.C.C.C.CCC(C)(C)C(=O)OC(C)(C)C12CC3CC(CC1C3)C2.CCC(C)(C)C(=O)OC1(C)CCC2CCCCC2C1.CCC(C)C(=O)OC(C)(C)C12CC3CC(CC1C3)C2.CCC(C)C(=O)OC1(C)CCC2CCCCC2C1.CCCCC(C)(OC(=O)C(C)(C)CC)C12CC3CC(CC(C3)C1)C2.CCCCC(C)(OC(=O)C(C)CC)C12CC3CC(CC(C3)C1)C2.